The Kier molecular flexibility index (Phi) is 4.25. The van der Waals surface area contributed by atoms with E-state index in [1.165, 1.54) is 12.7 Å². The number of carbonyl (C=O) groups excluding carboxylic acids is 1. The Hall–Kier alpha value is -1.23. The topological polar surface area (TPSA) is 50.8 Å². The Labute approximate surface area is 102 Å². The van der Waals surface area contributed by atoms with Crippen molar-refractivity contribution in [1.82, 2.24) is 10.2 Å². The predicted molar refractivity (Wildman–Crippen MR) is 63.2 cm³/mol. The lowest BCUT2D eigenvalue weighted by atomic mass is 9.98. The summed E-state index contributed by atoms with van der Waals surface area (Å²) in [4.78, 5) is 14.0. The van der Waals surface area contributed by atoms with Crippen molar-refractivity contribution in [3.8, 4) is 0 Å². The van der Waals surface area contributed by atoms with Gasteiger partial charge in [-0.3, -0.25) is 4.79 Å². The molecule has 0 spiro atoms. The zero-order valence-corrected chi connectivity index (χ0v) is 10.3. The van der Waals surface area contributed by atoms with Crippen LogP contribution in [0.5, 0.6) is 0 Å². The van der Waals surface area contributed by atoms with Crippen LogP contribution in [0.1, 0.15) is 12.8 Å². The maximum Gasteiger partial charge on any atom is 0.292 e. The highest BCUT2D eigenvalue weighted by molar-refractivity contribution is 5.91. The van der Waals surface area contributed by atoms with E-state index >= 15 is 0 Å². The Balaban J connectivity index is 1.92. The largest absolute Gasteiger partial charge is 0.494 e. The second-order valence-corrected chi connectivity index (χ2v) is 4.52. The molecule has 0 aromatic rings. The monoisotopic (exact) mass is 240 g/mol. The quantitative estimate of drug-likeness (QED) is 0.772. The van der Waals surface area contributed by atoms with E-state index < -0.39 is 0 Å². The van der Waals surface area contributed by atoms with Gasteiger partial charge in [-0.1, -0.05) is 0 Å². The van der Waals surface area contributed by atoms with Crippen LogP contribution in [-0.2, 0) is 14.3 Å². The van der Waals surface area contributed by atoms with Crippen molar-refractivity contribution in [3.05, 3.63) is 12.0 Å². The molecule has 1 saturated heterocycles. The van der Waals surface area contributed by atoms with E-state index in [2.05, 4.69) is 5.32 Å². The summed E-state index contributed by atoms with van der Waals surface area (Å²) >= 11 is 0. The molecule has 1 fully saturated rings. The molecule has 2 aliphatic rings. The van der Waals surface area contributed by atoms with Crippen LogP contribution in [-0.4, -0.2) is 50.7 Å². The van der Waals surface area contributed by atoms with Crippen molar-refractivity contribution in [3.63, 3.8) is 0 Å². The fourth-order valence-corrected chi connectivity index (χ4v) is 2.34. The van der Waals surface area contributed by atoms with E-state index in [4.69, 9.17) is 9.47 Å². The molecule has 0 saturated carbocycles. The average molecular weight is 240 g/mol. The van der Waals surface area contributed by atoms with Crippen molar-refractivity contribution in [2.45, 2.75) is 12.8 Å². The molecule has 1 unspecified atom stereocenters. The zero-order chi connectivity index (χ0) is 12.1. The van der Waals surface area contributed by atoms with E-state index in [1.807, 2.05) is 11.9 Å². The van der Waals surface area contributed by atoms with E-state index in [9.17, 15) is 4.79 Å². The number of ether oxygens (including phenoxy) is 2. The maximum absolute atomic E-state index is 12.1. The van der Waals surface area contributed by atoms with Gasteiger partial charge in [0.2, 0.25) is 5.76 Å². The molecular formula is C12H20N2O3. The van der Waals surface area contributed by atoms with Gasteiger partial charge in [0.15, 0.2) is 0 Å². The van der Waals surface area contributed by atoms with Gasteiger partial charge in [-0.15, -0.1) is 0 Å². The Morgan fingerprint density at radius 1 is 1.59 bits per heavy atom. The molecule has 17 heavy (non-hydrogen) atoms. The first-order chi connectivity index (χ1) is 8.31. The van der Waals surface area contributed by atoms with Crippen LogP contribution < -0.4 is 5.32 Å². The van der Waals surface area contributed by atoms with E-state index in [1.54, 1.807) is 0 Å². The number of nitrogens with one attached hydrogen (secondary N) is 1. The van der Waals surface area contributed by atoms with Crippen LogP contribution in [0.15, 0.2) is 12.0 Å². The molecule has 1 amide bonds. The first-order valence-electron chi connectivity index (χ1n) is 6.19. The highest BCUT2D eigenvalue weighted by atomic mass is 16.6. The molecule has 5 heteroatoms. The van der Waals surface area contributed by atoms with Crippen molar-refractivity contribution in [1.29, 1.82) is 0 Å². The fourth-order valence-electron chi connectivity index (χ4n) is 2.34. The summed E-state index contributed by atoms with van der Waals surface area (Å²) in [5, 5.41) is 3.17. The molecule has 0 radical (unpaired) electrons. The van der Waals surface area contributed by atoms with Gasteiger partial charge in [0, 0.05) is 13.1 Å². The van der Waals surface area contributed by atoms with Crippen LogP contribution in [0.25, 0.3) is 0 Å². The summed E-state index contributed by atoms with van der Waals surface area (Å²) in [7, 11) is 1.95. The summed E-state index contributed by atoms with van der Waals surface area (Å²) in [6.07, 6.45) is 3.68. The predicted octanol–water partition coefficient (Wildman–Crippen LogP) is 0.333. The highest BCUT2D eigenvalue weighted by Crippen LogP contribution is 2.18. The number of amides is 1. The van der Waals surface area contributed by atoms with E-state index in [-0.39, 0.29) is 5.91 Å². The van der Waals surface area contributed by atoms with Gasteiger partial charge < -0.3 is 19.7 Å². The molecule has 0 aromatic carbocycles. The number of likely N-dealkylation sites (tertiary alicyclic amines) is 1. The van der Waals surface area contributed by atoms with Gasteiger partial charge >= 0.3 is 0 Å². The lowest BCUT2D eigenvalue weighted by Gasteiger charge is -2.33. The molecule has 1 atom stereocenters. The third kappa shape index (κ3) is 3.12. The molecule has 2 heterocycles. The normalized spacial score (nSPS) is 24.6. The lowest BCUT2D eigenvalue weighted by Crippen LogP contribution is -2.43. The lowest BCUT2D eigenvalue weighted by molar-refractivity contribution is -0.134. The molecular weight excluding hydrogens is 220 g/mol. The number of hydrogen-bond acceptors (Lipinski definition) is 4. The summed E-state index contributed by atoms with van der Waals surface area (Å²) in [6.45, 7) is 3.57. The first kappa shape index (κ1) is 12.2. The maximum atomic E-state index is 12.1. The summed E-state index contributed by atoms with van der Waals surface area (Å²) < 4.78 is 10.4. The van der Waals surface area contributed by atoms with Gasteiger partial charge in [-0.25, -0.2) is 0 Å². The first-order valence-corrected chi connectivity index (χ1v) is 6.19. The molecule has 5 nitrogen and oxygen atoms in total. The van der Waals surface area contributed by atoms with Gasteiger partial charge in [-0.2, -0.15) is 0 Å². The van der Waals surface area contributed by atoms with Gasteiger partial charge in [-0.05, 0) is 32.4 Å². The number of piperidine rings is 1. The van der Waals surface area contributed by atoms with Crippen molar-refractivity contribution in [2.75, 3.05) is 39.9 Å². The highest BCUT2D eigenvalue weighted by Gasteiger charge is 2.27. The van der Waals surface area contributed by atoms with Crippen molar-refractivity contribution >= 4 is 5.91 Å². The number of hydrogen-bond donors (Lipinski definition) is 1. The Bertz CT molecular complexity index is 302. The molecule has 0 aromatic heterocycles. The van der Waals surface area contributed by atoms with Crippen molar-refractivity contribution < 1.29 is 14.3 Å². The number of rotatable bonds is 3. The third-order valence-electron chi connectivity index (χ3n) is 3.16. The van der Waals surface area contributed by atoms with Crippen LogP contribution in [0.3, 0.4) is 0 Å². The Morgan fingerprint density at radius 3 is 3.18 bits per heavy atom. The smallest absolute Gasteiger partial charge is 0.292 e. The van der Waals surface area contributed by atoms with Crippen LogP contribution in [0.2, 0.25) is 0 Å². The summed E-state index contributed by atoms with van der Waals surface area (Å²) in [5.41, 5.74) is 0. The van der Waals surface area contributed by atoms with Crippen LogP contribution in [0.4, 0.5) is 0 Å². The standard InChI is InChI=1S/C12H20N2O3/c1-13-7-10-3-2-4-14(8-10)12(15)11-9-16-5-6-17-11/h9-10,13H,2-8H2,1H3. The van der Waals surface area contributed by atoms with Crippen LogP contribution >= 0.6 is 0 Å². The second kappa shape index (κ2) is 5.91. The molecule has 96 valence electrons. The van der Waals surface area contributed by atoms with Gasteiger partial charge in [0.05, 0.1) is 0 Å². The van der Waals surface area contributed by atoms with Crippen molar-refractivity contribution in [2.24, 2.45) is 5.92 Å². The number of carbonyl (C=O) groups is 1. The summed E-state index contributed by atoms with van der Waals surface area (Å²) in [5.74, 6) is 0.856. The minimum absolute atomic E-state index is 0.0366. The van der Waals surface area contributed by atoms with Gasteiger partial charge in [0.25, 0.3) is 5.91 Å². The molecule has 0 aliphatic carbocycles. The number of nitrogens with zero attached hydrogens (tertiary/aromatic N) is 1. The molecule has 0 bridgehead atoms. The second-order valence-electron chi connectivity index (χ2n) is 4.52. The minimum atomic E-state index is -0.0366. The zero-order valence-electron chi connectivity index (χ0n) is 10.3. The molecule has 2 rings (SSSR count). The van der Waals surface area contributed by atoms with E-state index in [0.717, 1.165) is 26.1 Å². The third-order valence-corrected chi connectivity index (χ3v) is 3.16. The minimum Gasteiger partial charge on any atom is -0.494 e. The molecule has 1 N–H and O–H groups in total. The fraction of sp³-hybridized carbons (Fsp3) is 0.750. The van der Waals surface area contributed by atoms with E-state index in [0.29, 0.717) is 24.9 Å². The van der Waals surface area contributed by atoms with Gasteiger partial charge in [0.1, 0.15) is 19.5 Å². The Morgan fingerprint density at radius 2 is 2.47 bits per heavy atom. The summed E-state index contributed by atoms with van der Waals surface area (Å²) in [6, 6.07) is 0. The molecule has 2 aliphatic heterocycles. The van der Waals surface area contributed by atoms with Crippen LogP contribution in [0, 0.1) is 5.92 Å². The SMILES string of the molecule is CNCC1CCCN(C(=O)C2=COCCO2)C1. The average Bonchev–Trinajstić information content (AvgIpc) is 2.40.